The lowest BCUT2D eigenvalue weighted by atomic mass is 9.39. The molecule has 0 saturated carbocycles. The van der Waals surface area contributed by atoms with Crippen molar-refractivity contribution in [1.29, 1.82) is 0 Å². The summed E-state index contributed by atoms with van der Waals surface area (Å²) in [6.45, 7) is 15.5. The zero-order valence-corrected chi connectivity index (χ0v) is 52.8. The molecule has 0 amide bonds. The van der Waals surface area contributed by atoms with E-state index in [0.717, 1.165) is 34.1 Å². The molecule has 438 valence electrons. The fraction of sp³-hybridized carbons (Fsp3) is 0.111. The smallest absolute Gasteiger partial charge is 0.0544 e. The number of anilines is 6. The fourth-order valence-electron chi connectivity index (χ4n) is 18.2. The molecule has 0 aromatic heterocycles. The maximum absolute atomic E-state index is 2.72. The number of benzene rings is 16. The summed E-state index contributed by atoms with van der Waals surface area (Å²) >= 11 is 0. The monoisotopic (exact) mass is 1180 g/mol. The van der Waals surface area contributed by atoms with Gasteiger partial charge in [-0.3, -0.25) is 0 Å². The van der Waals surface area contributed by atoms with Crippen molar-refractivity contribution >= 4 is 120 Å². The Hall–Kier alpha value is -10.8. The minimum atomic E-state index is -0.819. The highest BCUT2D eigenvalue weighted by Crippen LogP contribution is 2.77. The van der Waals surface area contributed by atoms with E-state index < -0.39 is 21.7 Å². The first kappa shape index (κ1) is 54.2. The molecule has 16 aromatic rings. The highest BCUT2D eigenvalue weighted by molar-refractivity contribution is 6.21. The average molecular weight is 1180 g/mol. The summed E-state index contributed by atoms with van der Waals surface area (Å²) in [5.41, 5.74) is 14.9. The Morgan fingerprint density at radius 3 is 0.717 bits per heavy atom. The molecule has 2 nitrogen and oxygen atoms in total. The third kappa shape index (κ3) is 7.26. The zero-order chi connectivity index (χ0) is 61.8. The van der Waals surface area contributed by atoms with Crippen molar-refractivity contribution in [2.24, 2.45) is 10.8 Å². The van der Waals surface area contributed by atoms with Gasteiger partial charge in [-0.05, 0) is 146 Å². The van der Waals surface area contributed by atoms with E-state index in [9.17, 15) is 0 Å². The van der Waals surface area contributed by atoms with Gasteiger partial charge < -0.3 is 9.80 Å². The van der Waals surface area contributed by atoms with Crippen molar-refractivity contribution in [2.75, 3.05) is 9.80 Å². The second kappa shape index (κ2) is 19.8. The van der Waals surface area contributed by atoms with E-state index >= 15 is 0 Å². The van der Waals surface area contributed by atoms with Crippen LogP contribution in [0.4, 0.5) is 34.1 Å². The molecule has 2 atom stereocenters. The molecular weight excluding hydrogens is 1110 g/mol. The van der Waals surface area contributed by atoms with E-state index in [0.29, 0.717) is 0 Å². The van der Waals surface area contributed by atoms with E-state index in [1.165, 1.54) is 131 Å². The van der Waals surface area contributed by atoms with E-state index in [1.54, 1.807) is 0 Å². The van der Waals surface area contributed by atoms with Crippen LogP contribution in [-0.4, -0.2) is 0 Å². The molecule has 2 heteroatoms. The molecule has 92 heavy (non-hydrogen) atoms. The summed E-state index contributed by atoms with van der Waals surface area (Å²) in [6.07, 6.45) is 0. The van der Waals surface area contributed by atoms with Gasteiger partial charge in [0.05, 0.1) is 34.1 Å². The first-order chi connectivity index (χ1) is 45.0. The average Bonchev–Trinajstić information content (AvgIpc) is 1.46. The Morgan fingerprint density at radius 2 is 0.424 bits per heavy atom. The van der Waals surface area contributed by atoms with Crippen LogP contribution in [0.1, 0.15) is 63.8 Å². The number of nitrogens with zero attached hydrogens (tertiary/aromatic N) is 2. The minimum Gasteiger partial charge on any atom is -0.309 e. The summed E-state index contributed by atoms with van der Waals surface area (Å²) in [5.74, 6) is 0. The summed E-state index contributed by atoms with van der Waals surface area (Å²) in [4.78, 5) is 5.26. The van der Waals surface area contributed by atoms with E-state index in [1.807, 2.05) is 0 Å². The van der Waals surface area contributed by atoms with Crippen LogP contribution >= 0.6 is 0 Å². The molecule has 0 radical (unpaired) electrons. The lowest BCUT2D eigenvalue weighted by Gasteiger charge is -2.62. The molecule has 0 saturated heterocycles. The highest BCUT2D eigenvalue weighted by Gasteiger charge is 2.71. The zero-order valence-electron chi connectivity index (χ0n) is 52.8. The Balaban J connectivity index is 1.07. The van der Waals surface area contributed by atoms with Crippen LogP contribution < -0.4 is 9.80 Å². The van der Waals surface area contributed by atoms with Gasteiger partial charge in [0, 0.05) is 43.1 Å². The standard InChI is InChI=1S/C90H68N2/c1-87(2,3)89(73-53-51-61-31-11-17-41-67(61)83(73)85-71-45-21-19-43-69(71)81(55-75(85)89)91(77-47-23-33-57-27-7-13-37-63(57)77)78-48-24-34-58-28-8-14-38-64(58)78)90(88(4,5)6)74-54-52-62-32-12-18-42-68(62)84(74)86-72-46-22-20-44-70(72)82(56-76(86)90)92(79-49-25-35-59-29-9-15-39-65(59)79)80-50-26-36-60-30-10-16-40-66(60)80/h7-56H,1-6H3. The first-order valence-electron chi connectivity index (χ1n) is 32.7. The second-order valence-electron chi connectivity index (χ2n) is 27.8. The van der Waals surface area contributed by atoms with Gasteiger partial charge in [0.2, 0.25) is 0 Å². The number of fused-ring (bicyclic) bond motifs is 18. The van der Waals surface area contributed by atoms with Gasteiger partial charge in [-0.25, -0.2) is 0 Å². The maximum atomic E-state index is 2.72. The van der Waals surface area contributed by atoms with Crippen LogP contribution in [-0.2, 0) is 10.8 Å². The van der Waals surface area contributed by atoms with Gasteiger partial charge >= 0.3 is 0 Å². The van der Waals surface area contributed by atoms with Gasteiger partial charge in [-0.2, -0.15) is 0 Å². The normalized spacial score (nSPS) is 16.0. The topological polar surface area (TPSA) is 6.48 Å². The number of hydrogen-bond acceptors (Lipinski definition) is 2. The molecule has 0 aliphatic heterocycles. The van der Waals surface area contributed by atoms with Crippen LogP contribution in [0.3, 0.4) is 0 Å². The van der Waals surface area contributed by atoms with E-state index in [-0.39, 0.29) is 0 Å². The Bertz CT molecular complexity index is 5240. The van der Waals surface area contributed by atoms with Gasteiger partial charge in [0.1, 0.15) is 0 Å². The third-order valence-corrected chi connectivity index (χ3v) is 21.3. The van der Waals surface area contributed by atoms with Crippen LogP contribution in [0.5, 0.6) is 0 Å². The molecular formula is C90H68N2. The predicted octanol–water partition coefficient (Wildman–Crippen LogP) is 25.2. The lowest BCUT2D eigenvalue weighted by Crippen LogP contribution is -2.62. The summed E-state index contributed by atoms with van der Waals surface area (Å²) in [6, 6.07) is 116. The number of rotatable bonds is 7. The predicted molar refractivity (Wildman–Crippen MR) is 394 cm³/mol. The molecule has 2 unspecified atom stereocenters. The largest absolute Gasteiger partial charge is 0.309 e. The summed E-state index contributed by atoms with van der Waals surface area (Å²) in [5, 5.41) is 19.5. The molecule has 2 aliphatic carbocycles. The highest BCUT2D eigenvalue weighted by atomic mass is 15.2. The molecule has 18 rings (SSSR count). The first-order valence-corrected chi connectivity index (χ1v) is 32.7. The molecule has 0 fully saturated rings. The SMILES string of the molecule is CC(C)(C)C1(C2(C(C)(C)C)c3ccc4ccccc4c3-c3c2cc(N(c2cccc4ccccc24)c2cccc4ccccc24)c2ccccc32)c2ccc3ccccc3c2-c2c1cc(N(c1cccc3ccccc13)c1cccc3ccccc13)c1ccccc21. The van der Waals surface area contributed by atoms with Crippen molar-refractivity contribution in [3.63, 3.8) is 0 Å². The minimum absolute atomic E-state index is 0.506. The Labute approximate surface area is 537 Å². The van der Waals surface area contributed by atoms with Gasteiger partial charge in [-0.1, -0.05) is 308 Å². The van der Waals surface area contributed by atoms with Crippen LogP contribution in [0, 0.1) is 10.8 Å². The molecule has 0 bridgehead atoms. The molecule has 16 aromatic carbocycles. The molecule has 0 heterocycles. The van der Waals surface area contributed by atoms with Crippen LogP contribution in [0.15, 0.2) is 303 Å². The molecule has 2 aliphatic rings. The van der Waals surface area contributed by atoms with Crippen LogP contribution in [0.25, 0.3) is 108 Å². The maximum Gasteiger partial charge on any atom is 0.0544 e. The molecule has 0 N–H and O–H groups in total. The number of hydrogen-bond donors (Lipinski definition) is 0. The Morgan fingerprint density at radius 1 is 0.196 bits per heavy atom. The van der Waals surface area contributed by atoms with Crippen molar-refractivity contribution in [1.82, 2.24) is 0 Å². The van der Waals surface area contributed by atoms with Gasteiger partial charge in [-0.15, -0.1) is 0 Å². The Kier molecular flexibility index (Phi) is 11.7. The van der Waals surface area contributed by atoms with Crippen molar-refractivity contribution in [3.8, 4) is 22.3 Å². The van der Waals surface area contributed by atoms with Crippen molar-refractivity contribution < 1.29 is 0 Å². The van der Waals surface area contributed by atoms with E-state index in [4.69, 9.17) is 0 Å². The van der Waals surface area contributed by atoms with Crippen LogP contribution in [0.2, 0.25) is 0 Å². The summed E-state index contributed by atoms with van der Waals surface area (Å²) < 4.78 is 0. The van der Waals surface area contributed by atoms with Gasteiger partial charge in [0.25, 0.3) is 0 Å². The van der Waals surface area contributed by atoms with Gasteiger partial charge in [0.15, 0.2) is 0 Å². The van der Waals surface area contributed by atoms with Crippen molar-refractivity contribution in [3.05, 3.63) is 326 Å². The summed E-state index contributed by atoms with van der Waals surface area (Å²) in [7, 11) is 0. The van der Waals surface area contributed by atoms with E-state index in [2.05, 4.69) is 355 Å². The van der Waals surface area contributed by atoms with Crippen molar-refractivity contribution in [2.45, 2.75) is 52.4 Å². The third-order valence-electron chi connectivity index (χ3n) is 21.3. The lowest BCUT2D eigenvalue weighted by molar-refractivity contribution is 0.0596. The quantitative estimate of drug-likeness (QED) is 0.157. The second-order valence-corrected chi connectivity index (χ2v) is 27.8. The molecule has 0 spiro atoms. The fourth-order valence-corrected chi connectivity index (χ4v) is 18.2.